The number of hydrogen-bond acceptors (Lipinski definition) is 2. The number of halogens is 1. The van der Waals surface area contributed by atoms with Crippen LogP contribution in [-0.4, -0.2) is 4.57 Å². The van der Waals surface area contributed by atoms with Gasteiger partial charge < -0.3 is 0 Å². The molecule has 0 aliphatic rings. The lowest BCUT2D eigenvalue weighted by molar-refractivity contribution is 0.616. The zero-order valence-electron chi connectivity index (χ0n) is 10.1. The molecular formula is C14H11FN2O. The third-order valence-corrected chi connectivity index (χ3v) is 2.95. The van der Waals surface area contributed by atoms with Gasteiger partial charge in [-0.25, -0.2) is 4.39 Å². The van der Waals surface area contributed by atoms with Crippen molar-refractivity contribution in [1.82, 2.24) is 4.57 Å². The lowest BCUT2D eigenvalue weighted by Gasteiger charge is -2.10. The summed E-state index contributed by atoms with van der Waals surface area (Å²) in [5, 5.41) is 9.01. The van der Waals surface area contributed by atoms with E-state index in [1.54, 1.807) is 32.2 Å². The highest BCUT2D eigenvalue weighted by atomic mass is 19.1. The molecule has 4 heteroatoms. The van der Waals surface area contributed by atoms with Crippen molar-refractivity contribution in [3.8, 4) is 11.8 Å². The summed E-state index contributed by atoms with van der Waals surface area (Å²) < 4.78 is 14.9. The van der Waals surface area contributed by atoms with Gasteiger partial charge in [0, 0.05) is 6.20 Å². The number of aromatic nitrogens is 1. The molecule has 18 heavy (non-hydrogen) atoms. The number of para-hydroxylation sites is 1. The first-order chi connectivity index (χ1) is 8.56. The molecule has 1 aromatic carbocycles. The second kappa shape index (κ2) is 4.46. The molecule has 0 saturated carbocycles. The Bertz CT molecular complexity index is 711. The molecular weight excluding hydrogens is 231 g/mol. The number of nitriles is 1. The van der Waals surface area contributed by atoms with Crippen LogP contribution in [0.15, 0.2) is 35.3 Å². The van der Waals surface area contributed by atoms with Gasteiger partial charge in [-0.1, -0.05) is 12.1 Å². The number of nitrogens with zero attached hydrogens (tertiary/aromatic N) is 2. The normalized spacial score (nSPS) is 10.1. The van der Waals surface area contributed by atoms with Gasteiger partial charge in [-0.3, -0.25) is 9.36 Å². The second-order valence-corrected chi connectivity index (χ2v) is 4.05. The predicted molar refractivity (Wildman–Crippen MR) is 66.2 cm³/mol. The summed E-state index contributed by atoms with van der Waals surface area (Å²) in [7, 11) is 0. The molecule has 0 aliphatic carbocycles. The van der Waals surface area contributed by atoms with Gasteiger partial charge in [0.05, 0.1) is 5.69 Å². The molecule has 0 bridgehead atoms. The molecule has 0 aliphatic heterocycles. The Kier molecular flexibility index (Phi) is 2.99. The van der Waals surface area contributed by atoms with Crippen LogP contribution in [0.4, 0.5) is 4.39 Å². The maximum absolute atomic E-state index is 13.7. The van der Waals surface area contributed by atoms with E-state index in [2.05, 4.69) is 0 Å². The maximum atomic E-state index is 13.7. The summed E-state index contributed by atoms with van der Waals surface area (Å²) in [6, 6.07) is 7.86. The molecule has 0 atom stereocenters. The topological polar surface area (TPSA) is 45.8 Å². The Balaban J connectivity index is 2.83. The van der Waals surface area contributed by atoms with Crippen molar-refractivity contribution in [2.75, 3.05) is 0 Å². The number of pyridine rings is 1. The number of rotatable bonds is 1. The average molecular weight is 242 g/mol. The van der Waals surface area contributed by atoms with Crippen molar-refractivity contribution in [2.45, 2.75) is 13.8 Å². The summed E-state index contributed by atoms with van der Waals surface area (Å²) in [4.78, 5) is 12.1. The fraction of sp³-hybridized carbons (Fsp3) is 0.143. The maximum Gasteiger partial charge on any atom is 0.273 e. The lowest BCUT2D eigenvalue weighted by atomic mass is 10.1. The van der Waals surface area contributed by atoms with Gasteiger partial charge in [0.25, 0.3) is 5.56 Å². The first-order valence-electron chi connectivity index (χ1n) is 5.44. The van der Waals surface area contributed by atoms with Gasteiger partial charge in [0.15, 0.2) is 0 Å². The van der Waals surface area contributed by atoms with Gasteiger partial charge in [0.1, 0.15) is 17.4 Å². The Morgan fingerprint density at radius 1 is 1.28 bits per heavy atom. The number of aryl methyl sites for hydroxylation is 1. The average Bonchev–Trinajstić information content (AvgIpc) is 2.36. The van der Waals surface area contributed by atoms with Crippen LogP contribution in [0.25, 0.3) is 5.69 Å². The molecule has 0 unspecified atom stereocenters. The van der Waals surface area contributed by atoms with Crippen molar-refractivity contribution in [3.63, 3.8) is 0 Å². The van der Waals surface area contributed by atoms with E-state index < -0.39 is 11.4 Å². The fourth-order valence-electron chi connectivity index (χ4n) is 1.78. The summed E-state index contributed by atoms with van der Waals surface area (Å²) in [5.41, 5.74) is 1.12. The van der Waals surface area contributed by atoms with E-state index in [4.69, 9.17) is 5.26 Å². The third kappa shape index (κ3) is 1.80. The summed E-state index contributed by atoms with van der Waals surface area (Å²) in [6.07, 6.45) is 1.55. The van der Waals surface area contributed by atoms with Crippen LogP contribution >= 0.6 is 0 Å². The van der Waals surface area contributed by atoms with Crippen LogP contribution < -0.4 is 5.56 Å². The Morgan fingerprint density at radius 2 is 1.94 bits per heavy atom. The monoisotopic (exact) mass is 242 g/mol. The molecule has 0 spiro atoms. The van der Waals surface area contributed by atoms with Gasteiger partial charge >= 0.3 is 0 Å². The molecule has 0 amide bonds. The molecule has 2 rings (SSSR count). The fourth-order valence-corrected chi connectivity index (χ4v) is 1.78. The molecule has 3 nitrogen and oxygen atoms in total. The van der Waals surface area contributed by atoms with Crippen molar-refractivity contribution in [1.29, 1.82) is 5.26 Å². The number of hydrogen-bond donors (Lipinski definition) is 0. The minimum atomic E-state index is -0.495. The van der Waals surface area contributed by atoms with Crippen LogP contribution in [0, 0.1) is 31.0 Å². The zero-order valence-corrected chi connectivity index (χ0v) is 10.1. The molecule has 0 fully saturated rings. The highest BCUT2D eigenvalue weighted by Gasteiger charge is 2.12. The van der Waals surface area contributed by atoms with Crippen LogP contribution in [0.1, 0.15) is 16.7 Å². The Labute approximate surface area is 104 Å². The first kappa shape index (κ1) is 12.1. The van der Waals surface area contributed by atoms with E-state index in [-0.39, 0.29) is 11.3 Å². The van der Waals surface area contributed by atoms with Gasteiger partial charge in [-0.2, -0.15) is 5.26 Å². The largest absolute Gasteiger partial charge is 0.280 e. The lowest BCUT2D eigenvalue weighted by Crippen LogP contribution is -2.23. The van der Waals surface area contributed by atoms with Gasteiger partial charge in [0.2, 0.25) is 0 Å². The minimum Gasteiger partial charge on any atom is -0.280 e. The van der Waals surface area contributed by atoms with Crippen molar-refractivity contribution >= 4 is 0 Å². The highest BCUT2D eigenvalue weighted by Crippen LogP contribution is 2.14. The van der Waals surface area contributed by atoms with Crippen molar-refractivity contribution in [2.24, 2.45) is 0 Å². The van der Waals surface area contributed by atoms with Gasteiger partial charge in [-0.05, 0) is 37.1 Å². The van der Waals surface area contributed by atoms with E-state index in [1.165, 1.54) is 16.7 Å². The third-order valence-electron chi connectivity index (χ3n) is 2.95. The van der Waals surface area contributed by atoms with Crippen LogP contribution in [0.3, 0.4) is 0 Å². The van der Waals surface area contributed by atoms with E-state index in [1.807, 2.05) is 6.07 Å². The molecule has 0 radical (unpaired) electrons. The molecule has 2 aromatic rings. The second-order valence-electron chi connectivity index (χ2n) is 4.05. The highest BCUT2D eigenvalue weighted by molar-refractivity contribution is 5.43. The molecule has 1 aromatic heterocycles. The van der Waals surface area contributed by atoms with Crippen molar-refractivity contribution < 1.29 is 4.39 Å². The minimum absolute atomic E-state index is 0.0539. The smallest absolute Gasteiger partial charge is 0.273 e. The molecule has 90 valence electrons. The quantitative estimate of drug-likeness (QED) is 0.771. The number of benzene rings is 1. The molecule has 1 heterocycles. The van der Waals surface area contributed by atoms with E-state index in [9.17, 15) is 9.18 Å². The van der Waals surface area contributed by atoms with Crippen molar-refractivity contribution in [3.05, 3.63) is 63.3 Å². The van der Waals surface area contributed by atoms with Crippen LogP contribution in [-0.2, 0) is 0 Å². The van der Waals surface area contributed by atoms with Crippen LogP contribution in [0.2, 0.25) is 0 Å². The van der Waals surface area contributed by atoms with Gasteiger partial charge in [-0.15, -0.1) is 0 Å². The predicted octanol–water partition coefficient (Wildman–Crippen LogP) is 2.47. The molecule has 0 N–H and O–H groups in total. The Hall–Kier alpha value is -2.41. The van der Waals surface area contributed by atoms with E-state index >= 15 is 0 Å². The first-order valence-corrected chi connectivity index (χ1v) is 5.44. The van der Waals surface area contributed by atoms with E-state index in [0.717, 1.165) is 5.56 Å². The summed E-state index contributed by atoms with van der Waals surface area (Å²) >= 11 is 0. The zero-order chi connectivity index (χ0) is 13.3. The summed E-state index contributed by atoms with van der Waals surface area (Å²) in [6.45, 7) is 3.49. The SMILES string of the molecule is Cc1cn(-c2ccccc2F)c(=O)c(C#N)c1C. The molecule has 0 saturated heterocycles. The van der Waals surface area contributed by atoms with E-state index in [0.29, 0.717) is 5.56 Å². The summed E-state index contributed by atoms with van der Waals surface area (Å²) in [5.74, 6) is -0.494. The van der Waals surface area contributed by atoms with Crippen LogP contribution in [0.5, 0.6) is 0 Å². The Morgan fingerprint density at radius 3 is 2.56 bits per heavy atom. The standard InChI is InChI=1S/C14H11FN2O/c1-9-8-17(13-6-4-3-5-12(13)15)14(18)11(7-16)10(9)2/h3-6,8H,1-2H3.